The maximum Gasteiger partial charge on any atom is 0.330 e. The molecule has 0 saturated heterocycles. The molecule has 1 radical (unpaired) electrons. The molecule has 1 fully saturated rings. The summed E-state index contributed by atoms with van der Waals surface area (Å²) in [5, 5.41) is 19.3. The van der Waals surface area contributed by atoms with Crippen LogP contribution in [-0.2, 0) is 4.65 Å². The van der Waals surface area contributed by atoms with Crippen molar-refractivity contribution in [3.8, 4) is 11.8 Å². The van der Waals surface area contributed by atoms with Gasteiger partial charge in [0.1, 0.15) is 11.8 Å². The Morgan fingerprint density at radius 2 is 2.00 bits per heavy atom. The van der Waals surface area contributed by atoms with Gasteiger partial charge in [0.15, 0.2) is 0 Å². The first-order valence-corrected chi connectivity index (χ1v) is 7.63. The zero-order valence-corrected chi connectivity index (χ0v) is 13.7. The lowest BCUT2D eigenvalue weighted by molar-refractivity contribution is -0.0893. The highest BCUT2D eigenvalue weighted by atomic mass is 16.5. The SMILES string of the molecule is CC(C)(O)C(C)(C)O[B]c1ccc(OCC2CC2)c(C#N)c1. The zero-order valence-electron chi connectivity index (χ0n) is 13.7. The predicted octanol–water partition coefficient (Wildman–Crippen LogP) is 2.16. The van der Waals surface area contributed by atoms with Gasteiger partial charge in [0, 0.05) is 0 Å². The number of benzene rings is 1. The molecule has 0 heterocycles. The van der Waals surface area contributed by atoms with E-state index in [2.05, 4.69) is 6.07 Å². The number of hydrogen-bond donors (Lipinski definition) is 1. The van der Waals surface area contributed by atoms with E-state index < -0.39 is 11.2 Å². The average molecular weight is 300 g/mol. The molecular formula is C17H23BNO3. The van der Waals surface area contributed by atoms with E-state index in [0.29, 0.717) is 23.8 Å². The largest absolute Gasteiger partial charge is 0.492 e. The molecule has 0 amide bonds. The molecule has 1 saturated carbocycles. The van der Waals surface area contributed by atoms with Gasteiger partial charge in [-0.3, -0.25) is 0 Å². The second-order valence-electron chi connectivity index (χ2n) is 6.93. The van der Waals surface area contributed by atoms with Gasteiger partial charge >= 0.3 is 7.48 Å². The summed E-state index contributed by atoms with van der Waals surface area (Å²) in [7, 11) is 1.57. The fourth-order valence-electron chi connectivity index (χ4n) is 1.69. The molecule has 1 aliphatic rings. The first kappa shape index (κ1) is 16.9. The summed E-state index contributed by atoms with van der Waals surface area (Å²) < 4.78 is 11.4. The number of aliphatic hydroxyl groups is 1. The Morgan fingerprint density at radius 1 is 1.32 bits per heavy atom. The Bertz CT molecular complexity index is 568. The third-order valence-corrected chi connectivity index (χ3v) is 4.26. The van der Waals surface area contributed by atoms with E-state index >= 15 is 0 Å². The van der Waals surface area contributed by atoms with Crippen molar-refractivity contribution in [3.05, 3.63) is 23.8 Å². The van der Waals surface area contributed by atoms with Crippen LogP contribution in [0.1, 0.15) is 46.1 Å². The van der Waals surface area contributed by atoms with E-state index in [4.69, 9.17) is 9.39 Å². The average Bonchev–Trinajstić information content (AvgIpc) is 3.26. The monoisotopic (exact) mass is 300 g/mol. The van der Waals surface area contributed by atoms with Crippen LogP contribution in [0.3, 0.4) is 0 Å². The van der Waals surface area contributed by atoms with Crippen LogP contribution in [0.4, 0.5) is 0 Å². The van der Waals surface area contributed by atoms with Crippen molar-refractivity contribution in [1.29, 1.82) is 5.26 Å². The molecule has 4 nitrogen and oxygen atoms in total. The smallest absolute Gasteiger partial charge is 0.330 e. The summed E-state index contributed by atoms with van der Waals surface area (Å²) in [5.41, 5.74) is -0.442. The molecule has 5 heteroatoms. The molecule has 1 aromatic rings. The van der Waals surface area contributed by atoms with Crippen LogP contribution >= 0.6 is 0 Å². The maximum atomic E-state index is 10.1. The predicted molar refractivity (Wildman–Crippen MR) is 86.2 cm³/mol. The summed E-state index contributed by atoms with van der Waals surface area (Å²) in [5.74, 6) is 1.27. The molecule has 1 aliphatic carbocycles. The van der Waals surface area contributed by atoms with Crippen molar-refractivity contribution < 1.29 is 14.5 Å². The number of rotatable bonds is 7. The topological polar surface area (TPSA) is 62.5 Å². The lowest BCUT2D eigenvalue weighted by atomic mass is 9.82. The van der Waals surface area contributed by atoms with Gasteiger partial charge in [-0.25, -0.2) is 0 Å². The van der Waals surface area contributed by atoms with E-state index in [0.717, 1.165) is 5.46 Å². The van der Waals surface area contributed by atoms with E-state index in [9.17, 15) is 10.4 Å². The van der Waals surface area contributed by atoms with Crippen LogP contribution in [0, 0.1) is 17.2 Å². The van der Waals surface area contributed by atoms with Crippen molar-refractivity contribution in [2.45, 2.75) is 51.7 Å². The van der Waals surface area contributed by atoms with Crippen LogP contribution in [0.15, 0.2) is 18.2 Å². The minimum absolute atomic E-state index is 0.499. The summed E-state index contributed by atoms with van der Waals surface area (Å²) in [6.45, 7) is 7.73. The second-order valence-corrected chi connectivity index (χ2v) is 6.93. The molecule has 117 valence electrons. The number of ether oxygens (including phenoxy) is 1. The minimum Gasteiger partial charge on any atom is -0.492 e. The van der Waals surface area contributed by atoms with E-state index in [1.807, 2.05) is 19.9 Å². The number of nitriles is 1. The molecule has 1 aromatic carbocycles. The van der Waals surface area contributed by atoms with Gasteiger partial charge in [-0.15, -0.1) is 0 Å². The Labute approximate surface area is 133 Å². The fraction of sp³-hybridized carbons (Fsp3) is 0.588. The van der Waals surface area contributed by atoms with Gasteiger partial charge in [-0.2, -0.15) is 5.26 Å². The molecule has 0 aliphatic heterocycles. The second kappa shape index (κ2) is 6.32. The zero-order chi connectivity index (χ0) is 16.4. The number of nitrogens with zero attached hydrogens (tertiary/aromatic N) is 1. The Kier molecular flexibility index (Phi) is 4.84. The summed E-state index contributed by atoms with van der Waals surface area (Å²) in [6.07, 6.45) is 2.43. The molecule has 0 bridgehead atoms. The Balaban J connectivity index is 2.01. The molecule has 0 aromatic heterocycles. The third-order valence-electron chi connectivity index (χ3n) is 4.26. The maximum absolute atomic E-state index is 10.1. The Morgan fingerprint density at radius 3 is 2.55 bits per heavy atom. The molecule has 1 N–H and O–H groups in total. The highest BCUT2D eigenvalue weighted by molar-refractivity contribution is 6.47. The van der Waals surface area contributed by atoms with Crippen molar-refractivity contribution in [1.82, 2.24) is 0 Å². The standard InChI is InChI=1S/C17H23BNO3/c1-16(2,20)17(3,4)22-18-14-7-8-15(13(9-14)10-19)21-11-12-5-6-12/h7-9,12,20H,5-6,11H2,1-4H3. The van der Waals surface area contributed by atoms with Crippen molar-refractivity contribution in [2.24, 2.45) is 5.92 Å². The van der Waals surface area contributed by atoms with Gasteiger partial charge in [0.25, 0.3) is 0 Å². The van der Waals surface area contributed by atoms with Gasteiger partial charge in [0.05, 0.1) is 23.4 Å². The molecule has 2 rings (SSSR count). The molecule has 0 unspecified atom stereocenters. The van der Waals surface area contributed by atoms with Crippen LogP contribution < -0.4 is 10.2 Å². The van der Waals surface area contributed by atoms with Crippen molar-refractivity contribution in [2.75, 3.05) is 6.61 Å². The highest BCUT2D eigenvalue weighted by Crippen LogP contribution is 2.30. The minimum atomic E-state index is -0.977. The first-order chi connectivity index (χ1) is 10.2. The van der Waals surface area contributed by atoms with Crippen molar-refractivity contribution >= 4 is 12.9 Å². The quantitative estimate of drug-likeness (QED) is 0.784. The first-order valence-electron chi connectivity index (χ1n) is 7.63. The lowest BCUT2D eigenvalue weighted by Gasteiger charge is -2.37. The summed E-state index contributed by atoms with van der Waals surface area (Å²) in [4.78, 5) is 0. The molecule has 22 heavy (non-hydrogen) atoms. The van der Waals surface area contributed by atoms with Gasteiger partial charge in [0.2, 0.25) is 0 Å². The summed E-state index contributed by atoms with van der Waals surface area (Å²) in [6, 6.07) is 7.55. The van der Waals surface area contributed by atoms with Crippen LogP contribution in [0.5, 0.6) is 5.75 Å². The molecule has 0 spiro atoms. The molecular weight excluding hydrogens is 277 g/mol. The third kappa shape index (κ3) is 4.25. The molecule has 0 atom stereocenters. The van der Waals surface area contributed by atoms with E-state index in [1.165, 1.54) is 12.8 Å². The van der Waals surface area contributed by atoms with E-state index in [1.54, 1.807) is 33.5 Å². The summed E-state index contributed by atoms with van der Waals surface area (Å²) >= 11 is 0. The van der Waals surface area contributed by atoms with Gasteiger partial charge in [-0.1, -0.05) is 11.5 Å². The van der Waals surface area contributed by atoms with Crippen molar-refractivity contribution in [3.63, 3.8) is 0 Å². The normalized spacial score (nSPS) is 15.3. The Hall–Kier alpha value is -1.51. The van der Waals surface area contributed by atoms with Crippen LogP contribution in [0.25, 0.3) is 0 Å². The van der Waals surface area contributed by atoms with Gasteiger partial charge in [-0.05, 0) is 58.6 Å². The lowest BCUT2D eigenvalue weighted by Crippen LogP contribution is -2.49. The van der Waals surface area contributed by atoms with Gasteiger partial charge < -0.3 is 14.5 Å². The fourth-order valence-corrected chi connectivity index (χ4v) is 1.69. The van der Waals surface area contributed by atoms with Crippen LogP contribution in [-0.4, -0.2) is 30.4 Å². The van der Waals surface area contributed by atoms with E-state index in [-0.39, 0.29) is 0 Å². The number of hydrogen-bond acceptors (Lipinski definition) is 4. The van der Waals surface area contributed by atoms with Crippen LogP contribution in [0.2, 0.25) is 0 Å². The highest BCUT2D eigenvalue weighted by Gasteiger charge is 2.35.